The number of carbonyl (C=O) groups is 2. The van der Waals surface area contributed by atoms with E-state index in [0.29, 0.717) is 16.7 Å². The molecule has 5 rings (SSSR count). The highest BCUT2D eigenvalue weighted by atomic mass is 16.4. The van der Waals surface area contributed by atoms with Crippen molar-refractivity contribution in [3.8, 4) is 0 Å². The smallest absolute Gasteiger partial charge is 0.340 e. The molecule has 0 unspecified atom stereocenters. The molecule has 174 valence electrons. The van der Waals surface area contributed by atoms with Crippen LogP contribution in [0, 0.1) is 6.92 Å². The van der Waals surface area contributed by atoms with E-state index in [0.717, 1.165) is 47.8 Å². The van der Waals surface area contributed by atoms with Crippen LogP contribution in [-0.2, 0) is 35.3 Å². The van der Waals surface area contributed by atoms with Crippen molar-refractivity contribution in [2.75, 3.05) is 0 Å². The molecule has 0 aliphatic heterocycles. The van der Waals surface area contributed by atoms with Crippen molar-refractivity contribution in [2.24, 2.45) is 0 Å². The highest BCUT2D eigenvalue weighted by molar-refractivity contribution is 5.97. The van der Waals surface area contributed by atoms with Gasteiger partial charge >= 0.3 is 11.6 Å². The van der Waals surface area contributed by atoms with Crippen LogP contribution in [0.3, 0.4) is 0 Å². The summed E-state index contributed by atoms with van der Waals surface area (Å²) in [5.74, 6) is -0.680. The number of hydrogen-bond acceptors (Lipinski definition) is 5. The minimum absolute atomic E-state index is 0.150. The van der Waals surface area contributed by atoms with Gasteiger partial charge in [0.2, 0.25) is 5.91 Å². The van der Waals surface area contributed by atoms with Gasteiger partial charge < -0.3 is 19.3 Å². The zero-order chi connectivity index (χ0) is 23.8. The molecule has 2 heterocycles. The van der Waals surface area contributed by atoms with Crippen molar-refractivity contribution in [3.05, 3.63) is 80.9 Å². The maximum atomic E-state index is 12.8. The van der Waals surface area contributed by atoms with Crippen LogP contribution in [0.25, 0.3) is 21.9 Å². The number of hydrogen-bond donors (Lipinski definition) is 2. The molecule has 0 radical (unpaired) electrons. The Morgan fingerprint density at radius 1 is 1.03 bits per heavy atom. The molecule has 7 nitrogen and oxygen atoms in total. The standard InChI is InChI=1S/C27H25NO6/c1-15-18-12-20-17-9-5-6-10-22(17)33-24(20)14-23(18)34-27(32)19(15)13-25(29)28-21(26(30)31)11-16-7-3-2-4-8-16/h2-4,7-8,12,14,21H,5-6,9-11,13H2,1H3,(H,28,29)(H,30,31)/t21-/m0/s1. The molecule has 0 bridgehead atoms. The normalized spacial score (nSPS) is 14.1. The number of carboxylic acid groups (broad SMARTS) is 1. The summed E-state index contributed by atoms with van der Waals surface area (Å²) in [6, 6.07) is 11.7. The minimum atomic E-state index is -1.13. The summed E-state index contributed by atoms with van der Waals surface area (Å²) in [5, 5.41) is 13.9. The fourth-order valence-electron chi connectivity index (χ4n) is 4.80. The van der Waals surface area contributed by atoms with Crippen molar-refractivity contribution >= 4 is 33.8 Å². The van der Waals surface area contributed by atoms with E-state index in [4.69, 9.17) is 8.83 Å². The van der Waals surface area contributed by atoms with Crippen LogP contribution >= 0.6 is 0 Å². The highest BCUT2D eigenvalue weighted by Gasteiger charge is 2.24. The van der Waals surface area contributed by atoms with Gasteiger partial charge in [-0.05, 0) is 43.4 Å². The third-order valence-corrected chi connectivity index (χ3v) is 6.62. The third kappa shape index (κ3) is 4.09. The van der Waals surface area contributed by atoms with Crippen LogP contribution in [0.15, 0.2) is 56.1 Å². The van der Waals surface area contributed by atoms with Crippen molar-refractivity contribution in [2.45, 2.75) is 51.5 Å². The van der Waals surface area contributed by atoms with Gasteiger partial charge in [0.15, 0.2) is 0 Å². The first kappa shape index (κ1) is 21.9. The van der Waals surface area contributed by atoms with Crippen molar-refractivity contribution in [3.63, 3.8) is 0 Å². The summed E-state index contributed by atoms with van der Waals surface area (Å²) < 4.78 is 11.6. The summed E-state index contributed by atoms with van der Waals surface area (Å²) in [6.45, 7) is 1.79. The first-order valence-corrected chi connectivity index (χ1v) is 11.5. The molecule has 0 saturated heterocycles. The summed E-state index contributed by atoms with van der Waals surface area (Å²) in [5.41, 5.74) is 3.40. The monoisotopic (exact) mass is 459 g/mol. The zero-order valence-corrected chi connectivity index (χ0v) is 18.8. The maximum Gasteiger partial charge on any atom is 0.340 e. The van der Waals surface area contributed by atoms with Crippen LogP contribution < -0.4 is 10.9 Å². The fraction of sp³-hybridized carbons (Fsp3) is 0.296. The highest BCUT2D eigenvalue weighted by Crippen LogP contribution is 2.35. The predicted molar refractivity (Wildman–Crippen MR) is 127 cm³/mol. The lowest BCUT2D eigenvalue weighted by Gasteiger charge is -2.15. The van der Waals surface area contributed by atoms with Gasteiger partial charge in [0.05, 0.1) is 12.0 Å². The molecule has 7 heteroatoms. The lowest BCUT2D eigenvalue weighted by molar-refractivity contribution is -0.141. The van der Waals surface area contributed by atoms with Gasteiger partial charge in [0.25, 0.3) is 0 Å². The SMILES string of the molecule is Cc1c(CC(=O)N[C@@H](Cc2ccccc2)C(=O)O)c(=O)oc2cc3oc4c(c3cc12)CCCC4. The number of carbonyl (C=O) groups excluding carboxylic acids is 1. The molecular formula is C27H25NO6. The van der Waals surface area contributed by atoms with Gasteiger partial charge in [0, 0.05) is 35.2 Å². The third-order valence-electron chi connectivity index (χ3n) is 6.62. The van der Waals surface area contributed by atoms with E-state index >= 15 is 0 Å². The minimum Gasteiger partial charge on any atom is -0.480 e. The molecule has 0 spiro atoms. The molecular weight excluding hydrogens is 434 g/mol. The zero-order valence-electron chi connectivity index (χ0n) is 18.8. The Labute approximate surface area is 195 Å². The molecule has 0 saturated carbocycles. The van der Waals surface area contributed by atoms with Crippen LogP contribution in [0.5, 0.6) is 0 Å². The molecule has 0 fully saturated rings. The number of nitrogens with one attached hydrogen (secondary N) is 1. The molecule has 1 aliphatic rings. The van der Waals surface area contributed by atoms with E-state index in [2.05, 4.69) is 5.32 Å². The number of aliphatic carboxylic acids is 1. The summed E-state index contributed by atoms with van der Waals surface area (Å²) in [7, 11) is 0. The molecule has 2 aromatic carbocycles. The quantitative estimate of drug-likeness (QED) is 0.421. The predicted octanol–water partition coefficient (Wildman–Crippen LogP) is 4.08. The number of benzene rings is 2. The topological polar surface area (TPSA) is 110 Å². The number of rotatable bonds is 6. The maximum absolute atomic E-state index is 12.8. The number of aryl methyl sites for hydroxylation is 3. The molecule has 2 N–H and O–H groups in total. The van der Waals surface area contributed by atoms with Crippen LogP contribution in [0.2, 0.25) is 0 Å². The second-order valence-electron chi connectivity index (χ2n) is 8.87. The van der Waals surface area contributed by atoms with Crippen molar-refractivity contribution in [1.82, 2.24) is 5.32 Å². The molecule has 1 aliphatic carbocycles. The average molecular weight is 459 g/mol. The summed E-state index contributed by atoms with van der Waals surface area (Å²) >= 11 is 0. The molecule has 1 atom stereocenters. The fourth-order valence-corrected chi connectivity index (χ4v) is 4.80. The van der Waals surface area contributed by atoms with E-state index in [1.165, 1.54) is 5.56 Å². The van der Waals surface area contributed by atoms with E-state index in [9.17, 15) is 19.5 Å². The van der Waals surface area contributed by atoms with Gasteiger partial charge in [-0.15, -0.1) is 0 Å². The van der Waals surface area contributed by atoms with Gasteiger partial charge in [0.1, 0.15) is 23.0 Å². The first-order chi connectivity index (χ1) is 16.4. The van der Waals surface area contributed by atoms with E-state index < -0.39 is 23.5 Å². The lowest BCUT2D eigenvalue weighted by atomic mass is 9.94. The van der Waals surface area contributed by atoms with Gasteiger partial charge in [-0.1, -0.05) is 30.3 Å². The Bertz CT molecular complexity index is 1460. The van der Waals surface area contributed by atoms with Crippen LogP contribution in [-0.4, -0.2) is 23.0 Å². The summed E-state index contributed by atoms with van der Waals surface area (Å²) in [4.78, 5) is 37.2. The van der Waals surface area contributed by atoms with Crippen molar-refractivity contribution < 1.29 is 23.5 Å². The molecule has 4 aromatic rings. The molecule has 34 heavy (non-hydrogen) atoms. The Kier molecular flexibility index (Phi) is 5.69. The Balaban J connectivity index is 1.44. The van der Waals surface area contributed by atoms with E-state index in [1.54, 1.807) is 25.1 Å². The number of furan rings is 1. The second-order valence-corrected chi connectivity index (χ2v) is 8.87. The van der Waals surface area contributed by atoms with Crippen LogP contribution in [0.1, 0.15) is 40.9 Å². The van der Waals surface area contributed by atoms with E-state index in [1.807, 2.05) is 24.3 Å². The van der Waals surface area contributed by atoms with Crippen molar-refractivity contribution in [1.29, 1.82) is 0 Å². The van der Waals surface area contributed by atoms with Gasteiger partial charge in [-0.2, -0.15) is 0 Å². The number of fused-ring (bicyclic) bond motifs is 4. The molecule has 1 amide bonds. The lowest BCUT2D eigenvalue weighted by Crippen LogP contribution is -2.43. The number of amides is 1. The van der Waals surface area contributed by atoms with Gasteiger partial charge in [-0.25, -0.2) is 9.59 Å². The average Bonchev–Trinajstić information content (AvgIpc) is 3.18. The first-order valence-electron chi connectivity index (χ1n) is 11.5. The Hall–Kier alpha value is -3.87. The molecule has 2 aromatic heterocycles. The van der Waals surface area contributed by atoms with Gasteiger partial charge in [-0.3, -0.25) is 4.79 Å². The van der Waals surface area contributed by atoms with E-state index in [-0.39, 0.29) is 18.4 Å². The summed E-state index contributed by atoms with van der Waals surface area (Å²) in [6.07, 6.45) is 3.96. The number of carboxylic acids is 1. The Morgan fingerprint density at radius 3 is 2.53 bits per heavy atom. The largest absolute Gasteiger partial charge is 0.480 e. The second kappa shape index (κ2) is 8.82. The Morgan fingerprint density at radius 2 is 1.76 bits per heavy atom. The van der Waals surface area contributed by atoms with Crippen LogP contribution in [0.4, 0.5) is 0 Å².